The molecule has 0 amide bonds. The van der Waals surface area contributed by atoms with Crippen molar-refractivity contribution in [2.24, 2.45) is 5.41 Å². The fraction of sp³-hybridized carbons (Fsp3) is 0.909. The zero-order valence-electron chi connectivity index (χ0n) is 9.55. The highest BCUT2D eigenvalue weighted by Gasteiger charge is 2.47. The molecule has 0 saturated heterocycles. The Morgan fingerprint density at radius 1 is 1.21 bits per heavy atom. The number of rotatable bonds is 1. The first-order valence-electron chi connectivity index (χ1n) is 5.18. The number of carbonyl (C=O) groups is 1. The van der Waals surface area contributed by atoms with Gasteiger partial charge in [0.1, 0.15) is 5.60 Å². The van der Waals surface area contributed by atoms with Gasteiger partial charge in [0.05, 0.1) is 7.11 Å². The first-order valence-corrected chi connectivity index (χ1v) is 5.18. The Hall–Kier alpha value is -0.730. The highest BCUT2D eigenvalue weighted by atomic mass is 16.7. The molecule has 0 aliphatic heterocycles. The summed E-state index contributed by atoms with van der Waals surface area (Å²) in [5.74, 6) is 0. The van der Waals surface area contributed by atoms with Crippen LogP contribution in [-0.2, 0) is 9.47 Å². The van der Waals surface area contributed by atoms with Gasteiger partial charge in [0.2, 0.25) is 0 Å². The lowest BCUT2D eigenvalue weighted by Gasteiger charge is -2.40. The number of hydrogen-bond acceptors (Lipinski definition) is 3. The Balaban J connectivity index is 2.77. The Kier molecular flexibility index (Phi) is 3.07. The molecule has 1 saturated carbocycles. The second-order valence-corrected chi connectivity index (χ2v) is 5.01. The summed E-state index contributed by atoms with van der Waals surface area (Å²) in [7, 11) is 1.35. The lowest BCUT2D eigenvalue weighted by molar-refractivity contribution is -0.0865. The molecular formula is C11H20O3. The zero-order valence-corrected chi connectivity index (χ0v) is 9.55. The highest BCUT2D eigenvalue weighted by Crippen LogP contribution is 2.46. The Labute approximate surface area is 85.8 Å². The van der Waals surface area contributed by atoms with E-state index < -0.39 is 6.16 Å². The minimum atomic E-state index is -0.554. The topological polar surface area (TPSA) is 35.5 Å². The van der Waals surface area contributed by atoms with Crippen molar-refractivity contribution in [3.8, 4) is 0 Å². The lowest BCUT2D eigenvalue weighted by Crippen LogP contribution is -2.44. The van der Waals surface area contributed by atoms with E-state index in [0.29, 0.717) is 0 Å². The van der Waals surface area contributed by atoms with Crippen molar-refractivity contribution in [2.75, 3.05) is 7.11 Å². The molecule has 1 rings (SSSR count). The van der Waals surface area contributed by atoms with Gasteiger partial charge < -0.3 is 9.47 Å². The molecule has 3 nitrogen and oxygen atoms in total. The fourth-order valence-electron chi connectivity index (χ4n) is 2.15. The molecule has 0 atom stereocenters. The molecule has 0 aromatic heterocycles. The van der Waals surface area contributed by atoms with Crippen LogP contribution < -0.4 is 0 Å². The Bertz CT molecular complexity index is 209. The second kappa shape index (κ2) is 3.79. The minimum absolute atomic E-state index is 0.0162. The van der Waals surface area contributed by atoms with Gasteiger partial charge in [-0.05, 0) is 25.7 Å². The number of hydrogen-bond donors (Lipinski definition) is 0. The van der Waals surface area contributed by atoms with E-state index in [9.17, 15) is 4.79 Å². The smallest absolute Gasteiger partial charge is 0.438 e. The average molecular weight is 200 g/mol. The van der Waals surface area contributed by atoms with Crippen LogP contribution in [0.1, 0.15) is 46.5 Å². The summed E-state index contributed by atoms with van der Waals surface area (Å²) in [4.78, 5) is 11.2. The lowest BCUT2D eigenvalue weighted by atomic mass is 9.75. The third kappa shape index (κ3) is 2.02. The van der Waals surface area contributed by atoms with Crippen LogP contribution in [0.3, 0.4) is 0 Å². The van der Waals surface area contributed by atoms with Crippen molar-refractivity contribution in [3.63, 3.8) is 0 Å². The van der Waals surface area contributed by atoms with Gasteiger partial charge in [0, 0.05) is 5.41 Å². The molecule has 0 unspecified atom stereocenters. The maximum atomic E-state index is 11.2. The molecule has 0 radical (unpaired) electrons. The third-order valence-corrected chi connectivity index (χ3v) is 3.22. The minimum Gasteiger partial charge on any atom is -0.438 e. The molecule has 1 fully saturated rings. The Morgan fingerprint density at radius 2 is 1.71 bits per heavy atom. The van der Waals surface area contributed by atoms with E-state index in [1.807, 2.05) is 0 Å². The van der Waals surface area contributed by atoms with Gasteiger partial charge in [-0.3, -0.25) is 0 Å². The molecular weight excluding hydrogens is 180 g/mol. The molecule has 0 aromatic carbocycles. The standard InChI is InChI=1S/C11H20O3/c1-10(2,3)11(7-5-6-8-11)14-9(12)13-4/h5-8H2,1-4H3. The van der Waals surface area contributed by atoms with E-state index in [2.05, 4.69) is 25.5 Å². The zero-order chi connectivity index (χ0) is 10.8. The van der Waals surface area contributed by atoms with Crippen LogP contribution in [0.4, 0.5) is 4.79 Å². The van der Waals surface area contributed by atoms with Crippen LogP contribution >= 0.6 is 0 Å². The van der Waals surface area contributed by atoms with Crippen molar-refractivity contribution in [2.45, 2.75) is 52.1 Å². The van der Waals surface area contributed by atoms with Crippen LogP contribution in [0.5, 0.6) is 0 Å². The molecule has 14 heavy (non-hydrogen) atoms. The van der Waals surface area contributed by atoms with E-state index in [1.54, 1.807) is 0 Å². The largest absolute Gasteiger partial charge is 0.508 e. The maximum absolute atomic E-state index is 11.2. The molecule has 0 N–H and O–H groups in total. The molecule has 0 heterocycles. The number of ether oxygens (including phenoxy) is 2. The molecule has 3 heteroatoms. The summed E-state index contributed by atoms with van der Waals surface area (Å²) >= 11 is 0. The van der Waals surface area contributed by atoms with E-state index in [4.69, 9.17) is 4.74 Å². The van der Waals surface area contributed by atoms with Crippen molar-refractivity contribution in [1.82, 2.24) is 0 Å². The van der Waals surface area contributed by atoms with E-state index in [-0.39, 0.29) is 11.0 Å². The Morgan fingerprint density at radius 3 is 2.07 bits per heavy atom. The first-order chi connectivity index (χ1) is 6.41. The van der Waals surface area contributed by atoms with Gasteiger partial charge >= 0.3 is 6.16 Å². The monoisotopic (exact) mass is 200 g/mol. The summed E-state index contributed by atoms with van der Waals surface area (Å²) in [6.45, 7) is 6.34. The molecule has 82 valence electrons. The molecule has 0 aromatic rings. The van der Waals surface area contributed by atoms with Crippen LogP contribution in [0, 0.1) is 5.41 Å². The van der Waals surface area contributed by atoms with E-state index in [0.717, 1.165) is 25.7 Å². The number of carbonyl (C=O) groups excluding carboxylic acids is 1. The van der Waals surface area contributed by atoms with Crippen molar-refractivity contribution in [3.05, 3.63) is 0 Å². The van der Waals surface area contributed by atoms with Gasteiger partial charge in [0.15, 0.2) is 0 Å². The van der Waals surface area contributed by atoms with Gasteiger partial charge in [-0.15, -0.1) is 0 Å². The second-order valence-electron chi connectivity index (χ2n) is 5.01. The van der Waals surface area contributed by atoms with E-state index >= 15 is 0 Å². The fourth-order valence-corrected chi connectivity index (χ4v) is 2.15. The summed E-state index contributed by atoms with van der Waals surface area (Å²) in [6.07, 6.45) is 3.61. The van der Waals surface area contributed by atoms with Gasteiger partial charge in [-0.25, -0.2) is 4.79 Å². The number of methoxy groups -OCH3 is 1. The summed E-state index contributed by atoms with van der Waals surface area (Å²) in [6, 6.07) is 0. The molecule has 1 aliphatic rings. The first kappa shape index (κ1) is 11.3. The molecule has 1 aliphatic carbocycles. The van der Waals surface area contributed by atoms with Crippen molar-refractivity contribution in [1.29, 1.82) is 0 Å². The third-order valence-electron chi connectivity index (χ3n) is 3.22. The van der Waals surface area contributed by atoms with Gasteiger partial charge in [0.25, 0.3) is 0 Å². The SMILES string of the molecule is COC(=O)OC1(C(C)(C)C)CCCC1. The van der Waals surface area contributed by atoms with Gasteiger partial charge in [-0.2, -0.15) is 0 Å². The maximum Gasteiger partial charge on any atom is 0.508 e. The van der Waals surface area contributed by atoms with Crippen molar-refractivity contribution < 1.29 is 14.3 Å². The highest BCUT2D eigenvalue weighted by molar-refractivity contribution is 5.60. The van der Waals surface area contributed by atoms with Gasteiger partial charge in [-0.1, -0.05) is 20.8 Å². The van der Waals surface area contributed by atoms with Crippen LogP contribution in [-0.4, -0.2) is 18.9 Å². The quantitative estimate of drug-likeness (QED) is 0.610. The molecule has 0 bridgehead atoms. The van der Waals surface area contributed by atoms with E-state index in [1.165, 1.54) is 7.11 Å². The summed E-state index contributed by atoms with van der Waals surface area (Å²) in [5, 5.41) is 0. The molecule has 0 spiro atoms. The van der Waals surface area contributed by atoms with Crippen LogP contribution in [0.2, 0.25) is 0 Å². The van der Waals surface area contributed by atoms with Crippen molar-refractivity contribution >= 4 is 6.16 Å². The predicted octanol–water partition coefficient (Wildman–Crippen LogP) is 3.13. The summed E-state index contributed by atoms with van der Waals surface area (Å²) < 4.78 is 10.0. The van der Waals surface area contributed by atoms with Crippen LogP contribution in [0.15, 0.2) is 0 Å². The summed E-state index contributed by atoms with van der Waals surface area (Å²) in [5.41, 5.74) is -0.336. The normalized spacial score (nSPS) is 20.6. The average Bonchev–Trinajstić information content (AvgIpc) is 2.52. The van der Waals surface area contributed by atoms with Crippen LogP contribution in [0.25, 0.3) is 0 Å². The predicted molar refractivity (Wildman–Crippen MR) is 54.1 cm³/mol.